The first-order chi connectivity index (χ1) is 6.79. The van der Waals surface area contributed by atoms with E-state index in [0.29, 0.717) is 11.1 Å². The molecule has 0 radical (unpaired) electrons. The fraction of sp³-hybridized carbons (Fsp3) is 0. The Morgan fingerprint density at radius 2 is 0.933 bits per heavy atom. The van der Waals surface area contributed by atoms with Crippen LogP contribution < -0.4 is 0 Å². The van der Waals surface area contributed by atoms with Gasteiger partial charge in [-0.05, 0) is 12.1 Å². The fourth-order valence-electron chi connectivity index (χ4n) is 1.40. The summed E-state index contributed by atoms with van der Waals surface area (Å²) in [6, 6.07) is 13.9. The summed E-state index contributed by atoms with van der Waals surface area (Å²) in [5, 5.41) is 19.2. The number of phenols is 2. The summed E-state index contributed by atoms with van der Waals surface area (Å²) >= 11 is 0. The zero-order valence-electron chi connectivity index (χ0n) is 8.01. The van der Waals surface area contributed by atoms with Crippen LogP contribution in [-0.4, -0.2) is 10.2 Å². The Morgan fingerprint density at radius 1 is 0.600 bits per heavy atom. The van der Waals surface area contributed by atoms with Gasteiger partial charge in [-0.15, -0.1) is 0 Å². The van der Waals surface area contributed by atoms with Crippen molar-refractivity contribution in [1.82, 2.24) is 0 Å². The zero-order chi connectivity index (χ0) is 9.97. The summed E-state index contributed by atoms with van der Waals surface area (Å²) in [4.78, 5) is 0. The number of para-hydroxylation sites is 2. The van der Waals surface area contributed by atoms with Gasteiger partial charge in [-0.25, -0.2) is 0 Å². The van der Waals surface area contributed by atoms with Gasteiger partial charge in [-0.2, -0.15) is 0 Å². The molecule has 15 heavy (non-hydrogen) atoms. The SMILES string of the molecule is Oc1ccccc1-c1ccccc1O.[Ti]. The molecule has 0 amide bonds. The molecular weight excluding hydrogens is 224 g/mol. The minimum atomic E-state index is 0. The first kappa shape index (κ1) is 11.8. The molecule has 0 saturated heterocycles. The van der Waals surface area contributed by atoms with Crippen LogP contribution in [0.3, 0.4) is 0 Å². The second-order valence-electron chi connectivity index (χ2n) is 3.03. The first-order valence-corrected chi connectivity index (χ1v) is 4.35. The van der Waals surface area contributed by atoms with Crippen LogP contribution in [0.2, 0.25) is 0 Å². The normalized spacial score (nSPS) is 9.33. The first-order valence-electron chi connectivity index (χ1n) is 4.35. The average Bonchev–Trinajstić information content (AvgIpc) is 2.20. The molecule has 2 N–H and O–H groups in total. The standard InChI is InChI=1S/C12H10O2.Ti/c13-11-7-3-1-5-9(11)10-6-2-4-8-12(10)14;/h1-8,13-14H;. The predicted molar refractivity (Wildman–Crippen MR) is 55.2 cm³/mol. The summed E-state index contributed by atoms with van der Waals surface area (Å²) in [7, 11) is 0. The minimum absolute atomic E-state index is 0. The second kappa shape index (κ2) is 5.01. The smallest absolute Gasteiger partial charge is 0.123 e. The summed E-state index contributed by atoms with van der Waals surface area (Å²) < 4.78 is 0. The number of hydrogen-bond donors (Lipinski definition) is 2. The van der Waals surface area contributed by atoms with Crippen molar-refractivity contribution in [3.05, 3.63) is 48.5 Å². The van der Waals surface area contributed by atoms with Gasteiger partial charge >= 0.3 is 0 Å². The van der Waals surface area contributed by atoms with E-state index in [1.54, 1.807) is 36.4 Å². The molecule has 0 aromatic heterocycles. The van der Waals surface area contributed by atoms with Gasteiger partial charge in [0.25, 0.3) is 0 Å². The Morgan fingerprint density at radius 3 is 1.27 bits per heavy atom. The molecule has 74 valence electrons. The quantitative estimate of drug-likeness (QED) is 0.745. The number of hydrogen-bond acceptors (Lipinski definition) is 2. The molecule has 0 fully saturated rings. The van der Waals surface area contributed by atoms with Gasteiger partial charge in [-0.3, -0.25) is 0 Å². The maximum absolute atomic E-state index is 9.58. The molecule has 2 aromatic carbocycles. The molecule has 2 nitrogen and oxygen atoms in total. The second-order valence-corrected chi connectivity index (χ2v) is 3.03. The molecule has 0 aliphatic carbocycles. The van der Waals surface area contributed by atoms with Gasteiger partial charge in [0.1, 0.15) is 11.5 Å². The molecule has 3 heteroatoms. The van der Waals surface area contributed by atoms with Crippen LogP contribution in [0, 0.1) is 0 Å². The van der Waals surface area contributed by atoms with E-state index in [4.69, 9.17) is 0 Å². The van der Waals surface area contributed by atoms with Gasteiger partial charge in [-0.1, -0.05) is 36.4 Å². The van der Waals surface area contributed by atoms with Crippen LogP contribution in [0.15, 0.2) is 48.5 Å². The third kappa shape index (κ3) is 2.41. The summed E-state index contributed by atoms with van der Waals surface area (Å²) in [6.45, 7) is 0. The van der Waals surface area contributed by atoms with Gasteiger partial charge in [0.05, 0.1) is 0 Å². The Balaban J connectivity index is 0.00000112. The van der Waals surface area contributed by atoms with E-state index in [0.717, 1.165) is 0 Å². The Labute approximate surface area is 103 Å². The molecule has 0 unspecified atom stereocenters. The van der Waals surface area contributed by atoms with Crippen molar-refractivity contribution in [2.75, 3.05) is 0 Å². The van der Waals surface area contributed by atoms with Crippen molar-refractivity contribution in [3.63, 3.8) is 0 Å². The molecule has 0 aliphatic rings. The summed E-state index contributed by atoms with van der Waals surface area (Å²) in [6.07, 6.45) is 0. The van der Waals surface area contributed by atoms with Crippen LogP contribution in [0.5, 0.6) is 11.5 Å². The van der Waals surface area contributed by atoms with Gasteiger partial charge in [0, 0.05) is 32.8 Å². The van der Waals surface area contributed by atoms with Crippen molar-refractivity contribution < 1.29 is 31.9 Å². The van der Waals surface area contributed by atoms with E-state index in [2.05, 4.69) is 0 Å². The number of benzene rings is 2. The van der Waals surface area contributed by atoms with Crippen molar-refractivity contribution in [1.29, 1.82) is 0 Å². The monoisotopic (exact) mass is 234 g/mol. The average molecular weight is 234 g/mol. The molecule has 2 aromatic rings. The molecule has 0 spiro atoms. The van der Waals surface area contributed by atoms with Crippen LogP contribution in [0.25, 0.3) is 11.1 Å². The van der Waals surface area contributed by atoms with Gasteiger partial charge in [0.2, 0.25) is 0 Å². The third-order valence-corrected chi connectivity index (χ3v) is 2.10. The maximum atomic E-state index is 9.58. The molecule has 0 heterocycles. The zero-order valence-corrected chi connectivity index (χ0v) is 9.57. The van der Waals surface area contributed by atoms with Gasteiger partial charge in [0.15, 0.2) is 0 Å². The van der Waals surface area contributed by atoms with E-state index in [-0.39, 0.29) is 33.2 Å². The van der Waals surface area contributed by atoms with Crippen LogP contribution in [0.1, 0.15) is 0 Å². The Kier molecular flexibility index (Phi) is 3.95. The Hall–Kier alpha value is -1.25. The molecule has 0 saturated carbocycles. The largest absolute Gasteiger partial charge is 0.507 e. The maximum Gasteiger partial charge on any atom is 0.123 e. The molecule has 0 aliphatic heterocycles. The van der Waals surface area contributed by atoms with Crippen molar-refractivity contribution in [2.24, 2.45) is 0 Å². The van der Waals surface area contributed by atoms with Crippen LogP contribution >= 0.6 is 0 Å². The van der Waals surface area contributed by atoms with Crippen LogP contribution in [0.4, 0.5) is 0 Å². The van der Waals surface area contributed by atoms with Crippen molar-refractivity contribution in [3.8, 4) is 22.6 Å². The van der Waals surface area contributed by atoms with E-state index < -0.39 is 0 Å². The molecular formula is C12H10O2Ti. The van der Waals surface area contributed by atoms with E-state index in [1.807, 2.05) is 12.1 Å². The van der Waals surface area contributed by atoms with E-state index in [1.165, 1.54) is 0 Å². The number of rotatable bonds is 1. The van der Waals surface area contributed by atoms with Crippen molar-refractivity contribution >= 4 is 0 Å². The van der Waals surface area contributed by atoms with Gasteiger partial charge < -0.3 is 10.2 Å². The number of aromatic hydroxyl groups is 2. The predicted octanol–water partition coefficient (Wildman–Crippen LogP) is 2.76. The molecule has 2 rings (SSSR count). The third-order valence-electron chi connectivity index (χ3n) is 2.10. The molecule has 0 bridgehead atoms. The number of phenolic OH excluding ortho intramolecular Hbond substituents is 2. The van der Waals surface area contributed by atoms with Crippen molar-refractivity contribution in [2.45, 2.75) is 0 Å². The fourth-order valence-corrected chi connectivity index (χ4v) is 1.40. The minimum Gasteiger partial charge on any atom is -0.507 e. The van der Waals surface area contributed by atoms with E-state index in [9.17, 15) is 10.2 Å². The summed E-state index contributed by atoms with van der Waals surface area (Å²) in [5.74, 6) is 0.350. The Bertz CT molecular complexity index is 411. The topological polar surface area (TPSA) is 40.5 Å². The summed E-state index contributed by atoms with van der Waals surface area (Å²) in [5.41, 5.74) is 1.29. The molecule has 0 atom stereocenters. The van der Waals surface area contributed by atoms with E-state index >= 15 is 0 Å². The van der Waals surface area contributed by atoms with Crippen LogP contribution in [-0.2, 0) is 21.7 Å².